The van der Waals surface area contributed by atoms with Crippen LogP contribution in [-0.4, -0.2) is 12.6 Å². The lowest BCUT2D eigenvalue weighted by Crippen LogP contribution is -2.10. The van der Waals surface area contributed by atoms with Crippen molar-refractivity contribution in [3.63, 3.8) is 0 Å². The maximum Gasteiger partial charge on any atom is 0.00996 e. The van der Waals surface area contributed by atoms with Crippen LogP contribution in [0, 0.1) is 5.92 Å². The van der Waals surface area contributed by atoms with E-state index in [0.717, 1.165) is 12.0 Å². The average molecular weight is 83.1 g/mol. The first-order valence-corrected chi connectivity index (χ1v) is 2.70. The Kier molecular flexibility index (Phi) is 0.396. The molecule has 0 aromatic carbocycles. The molecule has 34 valence electrons. The van der Waals surface area contributed by atoms with E-state index in [2.05, 4.69) is 5.32 Å². The Morgan fingerprint density at radius 1 is 1.50 bits per heavy atom. The van der Waals surface area contributed by atoms with E-state index in [4.69, 9.17) is 0 Å². The standard InChI is InChI=1S/C5H9N/c1-2-6-5-3-4(1)5/h4-6H,1-3H2/t4-,5-/m1/s1. The van der Waals surface area contributed by atoms with Gasteiger partial charge >= 0.3 is 0 Å². The van der Waals surface area contributed by atoms with Crippen LogP contribution in [0.5, 0.6) is 0 Å². The molecule has 1 saturated heterocycles. The molecule has 1 saturated carbocycles. The van der Waals surface area contributed by atoms with Crippen LogP contribution in [0.15, 0.2) is 0 Å². The summed E-state index contributed by atoms with van der Waals surface area (Å²) in [4.78, 5) is 0. The number of nitrogens with one attached hydrogen (secondary N) is 1. The second-order valence-electron chi connectivity index (χ2n) is 2.35. The van der Waals surface area contributed by atoms with Gasteiger partial charge in [-0.1, -0.05) is 0 Å². The smallest absolute Gasteiger partial charge is 0.00996 e. The minimum Gasteiger partial charge on any atom is -0.314 e. The van der Waals surface area contributed by atoms with Gasteiger partial charge in [0.25, 0.3) is 0 Å². The van der Waals surface area contributed by atoms with Gasteiger partial charge in [0.15, 0.2) is 0 Å². The van der Waals surface area contributed by atoms with E-state index in [0.29, 0.717) is 0 Å². The van der Waals surface area contributed by atoms with E-state index in [1.165, 1.54) is 19.4 Å². The molecule has 1 aliphatic carbocycles. The summed E-state index contributed by atoms with van der Waals surface area (Å²) in [5.74, 6) is 1.10. The Morgan fingerprint density at radius 2 is 2.50 bits per heavy atom. The van der Waals surface area contributed by atoms with Crippen molar-refractivity contribution in [2.75, 3.05) is 6.54 Å². The fourth-order valence-corrected chi connectivity index (χ4v) is 1.27. The highest BCUT2D eigenvalue weighted by molar-refractivity contribution is 4.98. The Labute approximate surface area is 37.7 Å². The highest BCUT2D eigenvalue weighted by atomic mass is 15.0. The van der Waals surface area contributed by atoms with E-state index < -0.39 is 0 Å². The third kappa shape index (κ3) is 0.243. The van der Waals surface area contributed by atoms with Gasteiger partial charge in [-0.05, 0) is 25.3 Å². The van der Waals surface area contributed by atoms with E-state index >= 15 is 0 Å². The lowest BCUT2D eigenvalue weighted by Gasteiger charge is -1.86. The predicted octanol–water partition coefficient (Wildman–Crippen LogP) is 0.368. The number of fused-ring (bicyclic) bond motifs is 1. The molecule has 2 rings (SSSR count). The Hall–Kier alpha value is -0.0400. The van der Waals surface area contributed by atoms with Gasteiger partial charge < -0.3 is 5.32 Å². The zero-order chi connectivity index (χ0) is 3.98. The molecule has 0 unspecified atom stereocenters. The second kappa shape index (κ2) is 0.784. The van der Waals surface area contributed by atoms with E-state index in [9.17, 15) is 0 Å². The maximum absolute atomic E-state index is 3.39. The van der Waals surface area contributed by atoms with Crippen LogP contribution in [0.1, 0.15) is 12.8 Å². The SMILES string of the molecule is C1C[C@@H]2C[C@H]2N1. The van der Waals surface area contributed by atoms with Crippen LogP contribution in [0.4, 0.5) is 0 Å². The van der Waals surface area contributed by atoms with Crippen LogP contribution in [0.2, 0.25) is 0 Å². The normalized spacial score (nSPS) is 52.0. The number of piperidine rings is 1. The van der Waals surface area contributed by atoms with Gasteiger partial charge in [0, 0.05) is 6.04 Å². The summed E-state index contributed by atoms with van der Waals surface area (Å²) >= 11 is 0. The molecule has 1 heteroatoms. The van der Waals surface area contributed by atoms with E-state index in [1.807, 2.05) is 0 Å². The summed E-state index contributed by atoms with van der Waals surface area (Å²) in [6.45, 7) is 1.29. The molecule has 2 fully saturated rings. The molecule has 1 N–H and O–H groups in total. The first kappa shape index (κ1) is 3.03. The molecule has 2 atom stereocenters. The molecule has 0 spiro atoms. The average Bonchev–Trinajstić information content (AvgIpc) is 2.17. The Morgan fingerprint density at radius 3 is 2.67 bits per heavy atom. The summed E-state index contributed by atoms with van der Waals surface area (Å²) in [5.41, 5.74) is 0. The Balaban J connectivity index is 2.09. The quantitative estimate of drug-likeness (QED) is 0.446. The largest absolute Gasteiger partial charge is 0.314 e. The lowest BCUT2D eigenvalue weighted by atomic mass is 10.3. The predicted molar refractivity (Wildman–Crippen MR) is 24.5 cm³/mol. The summed E-state index contributed by atoms with van der Waals surface area (Å²) in [6, 6.07) is 0.963. The molecule has 1 heterocycles. The minimum atomic E-state index is 0.963. The summed E-state index contributed by atoms with van der Waals surface area (Å²) in [7, 11) is 0. The molecule has 0 aromatic heterocycles. The summed E-state index contributed by atoms with van der Waals surface area (Å²) in [6.07, 6.45) is 2.92. The third-order valence-electron chi connectivity index (χ3n) is 1.84. The summed E-state index contributed by atoms with van der Waals surface area (Å²) < 4.78 is 0. The minimum absolute atomic E-state index is 0.963. The zero-order valence-corrected chi connectivity index (χ0v) is 3.78. The first-order chi connectivity index (χ1) is 2.97. The molecule has 1 aliphatic heterocycles. The van der Waals surface area contributed by atoms with Gasteiger partial charge in [0.1, 0.15) is 0 Å². The molecule has 1 nitrogen and oxygen atoms in total. The van der Waals surface area contributed by atoms with Crippen molar-refractivity contribution in [3.05, 3.63) is 0 Å². The van der Waals surface area contributed by atoms with Crippen LogP contribution < -0.4 is 5.32 Å². The van der Waals surface area contributed by atoms with Crippen molar-refractivity contribution in [2.45, 2.75) is 18.9 Å². The van der Waals surface area contributed by atoms with Crippen LogP contribution in [-0.2, 0) is 0 Å². The van der Waals surface area contributed by atoms with Gasteiger partial charge in [-0.25, -0.2) is 0 Å². The number of rotatable bonds is 0. The molecule has 2 aliphatic rings. The number of hydrogen-bond donors (Lipinski definition) is 1. The first-order valence-electron chi connectivity index (χ1n) is 2.70. The van der Waals surface area contributed by atoms with Crippen molar-refractivity contribution >= 4 is 0 Å². The number of hydrogen-bond acceptors (Lipinski definition) is 1. The summed E-state index contributed by atoms with van der Waals surface area (Å²) in [5, 5.41) is 3.39. The maximum atomic E-state index is 3.39. The topological polar surface area (TPSA) is 12.0 Å². The molecular weight excluding hydrogens is 74.1 g/mol. The fourth-order valence-electron chi connectivity index (χ4n) is 1.27. The Bertz CT molecular complexity index is 62.3. The van der Waals surface area contributed by atoms with Crippen LogP contribution >= 0.6 is 0 Å². The van der Waals surface area contributed by atoms with Gasteiger partial charge in [-0.15, -0.1) is 0 Å². The molecule has 6 heavy (non-hydrogen) atoms. The fraction of sp³-hybridized carbons (Fsp3) is 1.00. The van der Waals surface area contributed by atoms with Crippen molar-refractivity contribution in [1.82, 2.24) is 5.32 Å². The van der Waals surface area contributed by atoms with Gasteiger partial charge in [0.2, 0.25) is 0 Å². The molecule has 0 bridgehead atoms. The van der Waals surface area contributed by atoms with Crippen molar-refractivity contribution < 1.29 is 0 Å². The molecule has 0 amide bonds. The van der Waals surface area contributed by atoms with Crippen molar-refractivity contribution in [3.8, 4) is 0 Å². The van der Waals surface area contributed by atoms with E-state index in [1.54, 1.807) is 0 Å². The highest BCUT2D eigenvalue weighted by Crippen LogP contribution is 2.37. The monoisotopic (exact) mass is 83.1 g/mol. The highest BCUT2D eigenvalue weighted by Gasteiger charge is 2.40. The van der Waals surface area contributed by atoms with Crippen LogP contribution in [0.25, 0.3) is 0 Å². The zero-order valence-electron chi connectivity index (χ0n) is 3.78. The van der Waals surface area contributed by atoms with Crippen molar-refractivity contribution in [2.24, 2.45) is 5.92 Å². The molecule has 0 radical (unpaired) electrons. The lowest BCUT2D eigenvalue weighted by molar-refractivity contribution is 0.741. The second-order valence-corrected chi connectivity index (χ2v) is 2.35. The molecule has 0 aromatic rings. The van der Waals surface area contributed by atoms with Gasteiger partial charge in [0.05, 0.1) is 0 Å². The van der Waals surface area contributed by atoms with Gasteiger partial charge in [-0.2, -0.15) is 0 Å². The molecular formula is C5H9N. The third-order valence-corrected chi connectivity index (χ3v) is 1.84. The van der Waals surface area contributed by atoms with E-state index in [-0.39, 0.29) is 0 Å². The van der Waals surface area contributed by atoms with Gasteiger partial charge in [-0.3, -0.25) is 0 Å². The van der Waals surface area contributed by atoms with Crippen LogP contribution in [0.3, 0.4) is 0 Å². The van der Waals surface area contributed by atoms with Crippen molar-refractivity contribution in [1.29, 1.82) is 0 Å².